The van der Waals surface area contributed by atoms with Gasteiger partial charge >= 0.3 is 0 Å². The summed E-state index contributed by atoms with van der Waals surface area (Å²) in [7, 11) is 0. The van der Waals surface area contributed by atoms with E-state index in [4.69, 9.17) is 0 Å². The highest BCUT2D eigenvalue weighted by molar-refractivity contribution is 6.30. The Hall–Kier alpha value is -6.64. The first-order valence-corrected chi connectivity index (χ1v) is 20.7. The molecule has 0 bridgehead atoms. The van der Waals surface area contributed by atoms with Gasteiger partial charge in [-0.25, -0.2) is 0 Å². The number of aryl methyl sites for hydroxylation is 2. The Morgan fingerprint density at radius 1 is 0.328 bits per heavy atom. The lowest BCUT2D eigenvalue weighted by Gasteiger charge is -2.32. The largest absolute Gasteiger partial charge is 0.309 e. The first-order chi connectivity index (χ1) is 28.3. The molecule has 0 aromatic heterocycles. The van der Waals surface area contributed by atoms with Crippen LogP contribution in [-0.4, -0.2) is 0 Å². The molecule has 0 aliphatic heterocycles. The second kappa shape index (κ2) is 14.1. The molecule has 0 saturated carbocycles. The van der Waals surface area contributed by atoms with Crippen molar-refractivity contribution in [2.45, 2.75) is 53.4 Å². The lowest BCUT2D eigenvalue weighted by atomic mass is 9.84. The summed E-state index contributed by atoms with van der Waals surface area (Å²) in [6.07, 6.45) is 0. The number of rotatable bonds is 8. The summed E-state index contributed by atoms with van der Waals surface area (Å²) < 4.78 is 0. The van der Waals surface area contributed by atoms with Gasteiger partial charge < -0.3 is 9.80 Å². The predicted octanol–water partition coefficient (Wildman–Crippen LogP) is 16.7. The molecule has 2 nitrogen and oxygen atoms in total. The van der Waals surface area contributed by atoms with Gasteiger partial charge in [-0.2, -0.15) is 0 Å². The molecule has 10 rings (SSSR count). The fraction of sp³-hybridized carbons (Fsp3) is 0.143. The van der Waals surface area contributed by atoms with Crippen LogP contribution in [0.25, 0.3) is 53.9 Å². The van der Waals surface area contributed by atoms with Gasteiger partial charge in [0.05, 0.1) is 22.7 Å². The summed E-state index contributed by atoms with van der Waals surface area (Å²) >= 11 is 0. The molecule has 0 N–H and O–H groups in total. The Kier molecular flexibility index (Phi) is 8.68. The van der Waals surface area contributed by atoms with Crippen molar-refractivity contribution in [1.82, 2.24) is 0 Å². The SMILES string of the molecule is Cc1ccc(N(c2cccc3ccccc23)c2cc(C(C)C)c3ccc4c(N(c5ccc(C)cc5)c5cccc6ccccc56)cc(C(C)C)c5ccc2c3c54)cc1. The van der Waals surface area contributed by atoms with Crippen molar-refractivity contribution in [3.8, 4) is 0 Å². The molecule has 0 atom stereocenters. The van der Waals surface area contributed by atoms with Gasteiger partial charge in [0, 0.05) is 32.9 Å². The Bertz CT molecular complexity index is 2910. The Morgan fingerprint density at radius 3 is 1.09 bits per heavy atom. The van der Waals surface area contributed by atoms with Crippen molar-refractivity contribution in [3.05, 3.63) is 192 Å². The normalized spacial score (nSPS) is 11.9. The number of fused-ring (bicyclic) bond motifs is 2. The van der Waals surface area contributed by atoms with Crippen LogP contribution < -0.4 is 9.80 Å². The second-order valence-corrected chi connectivity index (χ2v) is 16.7. The van der Waals surface area contributed by atoms with E-state index < -0.39 is 0 Å². The predicted molar refractivity (Wildman–Crippen MR) is 252 cm³/mol. The lowest BCUT2D eigenvalue weighted by molar-refractivity contribution is 0.875. The highest BCUT2D eigenvalue weighted by Crippen LogP contribution is 2.52. The maximum absolute atomic E-state index is 2.51. The quantitative estimate of drug-likeness (QED) is 0.143. The molecule has 0 saturated heterocycles. The van der Waals surface area contributed by atoms with Gasteiger partial charge in [-0.1, -0.05) is 160 Å². The minimum absolute atomic E-state index is 0.305. The van der Waals surface area contributed by atoms with E-state index in [0.717, 1.165) is 11.4 Å². The lowest BCUT2D eigenvalue weighted by Crippen LogP contribution is -2.13. The average molecular weight is 749 g/mol. The van der Waals surface area contributed by atoms with E-state index in [-0.39, 0.29) is 0 Å². The maximum atomic E-state index is 2.51. The summed E-state index contributed by atoms with van der Waals surface area (Å²) in [5.41, 5.74) is 12.3. The zero-order valence-corrected chi connectivity index (χ0v) is 34.2. The maximum Gasteiger partial charge on any atom is 0.0543 e. The first-order valence-electron chi connectivity index (χ1n) is 20.7. The highest BCUT2D eigenvalue weighted by Gasteiger charge is 2.27. The third kappa shape index (κ3) is 5.78. The monoisotopic (exact) mass is 748 g/mol. The molecule has 10 aromatic rings. The van der Waals surface area contributed by atoms with Crippen LogP contribution in [0.3, 0.4) is 0 Å². The highest BCUT2D eigenvalue weighted by atomic mass is 15.2. The van der Waals surface area contributed by atoms with Gasteiger partial charge in [0.1, 0.15) is 0 Å². The van der Waals surface area contributed by atoms with Crippen LogP contribution in [-0.2, 0) is 0 Å². The van der Waals surface area contributed by atoms with Crippen molar-refractivity contribution < 1.29 is 0 Å². The van der Waals surface area contributed by atoms with Crippen LogP contribution >= 0.6 is 0 Å². The van der Waals surface area contributed by atoms with Crippen LogP contribution in [0.5, 0.6) is 0 Å². The zero-order valence-electron chi connectivity index (χ0n) is 34.2. The van der Waals surface area contributed by atoms with Crippen molar-refractivity contribution >= 4 is 88.0 Å². The molecular formula is C56H48N2. The molecule has 0 radical (unpaired) electrons. The Labute approximate surface area is 341 Å². The van der Waals surface area contributed by atoms with E-state index >= 15 is 0 Å². The standard InChI is InChI=1S/C56H48N2/c1-35(2)49-33-53(57(41-25-21-37(5)22-26-41)51-19-11-15-39-13-7-9-17-43(39)51)47-32-30-46-50(36(3)4)34-54(48-31-29-45(49)55(47)56(46)48)58(42-27-23-38(6)24-28-42)52-20-12-16-40-14-8-10-18-44(40)52/h7-36H,1-6H3. The molecule has 0 amide bonds. The molecule has 2 heteroatoms. The molecule has 282 valence electrons. The van der Waals surface area contributed by atoms with Gasteiger partial charge in [0.15, 0.2) is 0 Å². The van der Waals surface area contributed by atoms with E-state index in [0.29, 0.717) is 11.8 Å². The number of benzene rings is 10. The van der Waals surface area contributed by atoms with Crippen molar-refractivity contribution in [1.29, 1.82) is 0 Å². The first kappa shape index (κ1) is 35.8. The molecule has 0 fully saturated rings. The number of nitrogens with zero attached hydrogens (tertiary/aromatic N) is 2. The van der Waals surface area contributed by atoms with Crippen molar-refractivity contribution in [2.75, 3.05) is 9.80 Å². The van der Waals surface area contributed by atoms with Crippen molar-refractivity contribution in [3.63, 3.8) is 0 Å². The van der Waals surface area contributed by atoms with Crippen LogP contribution in [0.4, 0.5) is 34.1 Å². The van der Waals surface area contributed by atoms with Crippen LogP contribution in [0, 0.1) is 13.8 Å². The van der Waals surface area contributed by atoms with E-state index in [9.17, 15) is 0 Å². The van der Waals surface area contributed by atoms with E-state index in [1.54, 1.807) is 0 Å². The van der Waals surface area contributed by atoms with Gasteiger partial charge in [-0.3, -0.25) is 0 Å². The minimum Gasteiger partial charge on any atom is -0.309 e. The molecule has 10 aromatic carbocycles. The fourth-order valence-electron chi connectivity index (χ4n) is 9.34. The fourth-order valence-corrected chi connectivity index (χ4v) is 9.34. The molecular weight excluding hydrogens is 701 g/mol. The molecule has 58 heavy (non-hydrogen) atoms. The van der Waals surface area contributed by atoms with Gasteiger partial charge in [0.25, 0.3) is 0 Å². The van der Waals surface area contributed by atoms with Crippen LogP contribution in [0.15, 0.2) is 170 Å². The van der Waals surface area contributed by atoms with Gasteiger partial charge in [-0.05, 0) is 118 Å². The molecule has 0 heterocycles. The minimum atomic E-state index is 0.305. The number of hydrogen-bond acceptors (Lipinski definition) is 2. The number of hydrogen-bond donors (Lipinski definition) is 0. The van der Waals surface area contributed by atoms with E-state index in [2.05, 4.69) is 221 Å². The summed E-state index contributed by atoms with van der Waals surface area (Å²) in [4.78, 5) is 5.02. The topological polar surface area (TPSA) is 6.48 Å². The molecule has 0 spiro atoms. The smallest absolute Gasteiger partial charge is 0.0543 e. The Balaban J connectivity index is 1.35. The summed E-state index contributed by atoms with van der Waals surface area (Å²) in [6, 6.07) is 63.6. The van der Waals surface area contributed by atoms with E-state index in [1.807, 2.05) is 0 Å². The number of anilines is 6. The van der Waals surface area contributed by atoms with Crippen molar-refractivity contribution in [2.24, 2.45) is 0 Å². The second-order valence-electron chi connectivity index (χ2n) is 16.7. The average Bonchev–Trinajstić information content (AvgIpc) is 3.24. The third-order valence-electron chi connectivity index (χ3n) is 12.2. The molecule has 0 aliphatic carbocycles. The summed E-state index contributed by atoms with van der Waals surface area (Å²) in [6.45, 7) is 13.7. The van der Waals surface area contributed by atoms with E-state index in [1.165, 1.54) is 98.9 Å². The van der Waals surface area contributed by atoms with Crippen LogP contribution in [0.2, 0.25) is 0 Å². The summed E-state index contributed by atoms with van der Waals surface area (Å²) in [5.74, 6) is 0.610. The third-order valence-corrected chi connectivity index (χ3v) is 12.2. The molecule has 0 unspecified atom stereocenters. The zero-order chi connectivity index (χ0) is 39.7. The Morgan fingerprint density at radius 2 is 0.690 bits per heavy atom. The van der Waals surface area contributed by atoms with Gasteiger partial charge in [0.2, 0.25) is 0 Å². The van der Waals surface area contributed by atoms with Gasteiger partial charge in [-0.15, -0.1) is 0 Å². The summed E-state index contributed by atoms with van der Waals surface area (Å²) in [5, 5.41) is 12.8. The molecule has 0 aliphatic rings. The van der Waals surface area contributed by atoms with Crippen LogP contribution in [0.1, 0.15) is 61.8 Å².